The maximum atomic E-state index is 13.3. The fourth-order valence-corrected chi connectivity index (χ4v) is 2.11. The van der Waals surface area contributed by atoms with E-state index in [1.54, 1.807) is 6.07 Å². The van der Waals surface area contributed by atoms with E-state index in [0.29, 0.717) is 11.6 Å². The van der Waals surface area contributed by atoms with Crippen molar-refractivity contribution in [1.82, 2.24) is 0 Å². The van der Waals surface area contributed by atoms with E-state index in [1.807, 2.05) is 11.9 Å². The maximum absolute atomic E-state index is 13.3. The van der Waals surface area contributed by atoms with Crippen LogP contribution in [0.15, 0.2) is 23.4 Å². The second-order valence-electron chi connectivity index (χ2n) is 4.23. The van der Waals surface area contributed by atoms with Crippen molar-refractivity contribution in [1.29, 1.82) is 0 Å². The van der Waals surface area contributed by atoms with Gasteiger partial charge in [-0.3, -0.25) is 0 Å². The summed E-state index contributed by atoms with van der Waals surface area (Å²) in [5.74, 6) is -0.486. The zero-order valence-corrected chi connectivity index (χ0v) is 11.0. The molecule has 0 aliphatic carbocycles. The third-order valence-corrected chi connectivity index (χ3v) is 3.21. The standard InChI is InChI=1S/C13H20FN3O/c1-4-10(5-2)17(3)12-7-6-9(14)8-11(12)13(15)16-18/h6-8,10,18H,4-5H2,1-3H3,(H2,15,16). The molecular weight excluding hydrogens is 233 g/mol. The molecule has 3 N–H and O–H groups in total. The highest BCUT2D eigenvalue weighted by molar-refractivity contribution is 6.02. The van der Waals surface area contributed by atoms with Crippen molar-refractivity contribution in [2.75, 3.05) is 11.9 Å². The lowest BCUT2D eigenvalue weighted by Gasteiger charge is -2.30. The molecule has 0 amide bonds. The molecule has 0 saturated heterocycles. The fourth-order valence-electron chi connectivity index (χ4n) is 2.11. The van der Waals surface area contributed by atoms with Crippen LogP contribution in [-0.4, -0.2) is 24.1 Å². The molecule has 0 spiro atoms. The van der Waals surface area contributed by atoms with Gasteiger partial charge in [-0.05, 0) is 31.0 Å². The highest BCUT2D eigenvalue weighted by Crippen LogP contribution is 2.24. The monoisotopic (exact) mass is 253 g/mol. The summed E-state index contributed by atoms with van der Waals surface area (Å²) >= 11 is 0. The topological polar surface area (TPSA) is 61.8 Å². The molecule has 1 aromatic rings. The van der Waals surface area contributed by atoms with E-state index in [0.717, 1.165) is 18.5 Å². The van der Waals surface area contributed by atoms with Crippen LogP contribution in [0.4, 0.5) is 10.1 Å². The molecule has 1 aromatic carbocycles. The van der Waals surface area contributed by atoms with Crippen LogP contribution in [0.1, 0.15) is 32.3 Å². The van der Waals surface area contributed by atoms with Crippen LogP contribution >= 0.6 is 0 Å². The molecule has 0 unspecified atom stereocenters. The van der Waals surface area contributed by atoms with Gasteiger partial charge in [0.15, 0.2) is 5.84 Å². The van der Waals surface area contributed by atoms with Crippen molar-refractivity contribution in [3.05, 3.63) is 29.6 Å². The Hall–Kier alpha value is -1.78. The van der Waals surface area contributed by atoms with E-state index in [9.17, 15) is 4.39 Å². The SMILES string of the molecule is CCC(CC)N(C)c1ccc(F)cc1C(N)=NO. The maximum Gasteiger partial charge on any atom is 0.172 e. The van der Waals surface area contributed by atoms with Crippen molar-refractivity contribution < 1.29 is 9.60 Å². The molecule has 0 bridgehead atoms. The summed E-state index contributed by atoms with van der Waals surface area (Å²) in [4.78, 5) is 2.03. The quantitative estimate of drug-likeness (QED) is 0.367. The first-order chi connectivity index (χ1) is 8.54. The molecule has 0 aliphatic rings. The summed E-state index contributed by atoms with van der Waals surface area (Å²) in [7, 11) is 1.93. The lowest BCUT2D eigenvalue weighted by atomic mass is 10.1. The highest BCUT2D eigenvalue weighted by Gasteiger charge is 2.17. The van der Waals surface area contributed by atoms with Crippen LogP contribution in [0.3, 0.4) is 0 Å². The van der Waals surface area contributed by atoms with Gasteiger partial charge in [0, 0.05) is 24.3 Å². The van der Waals surface area contributed by atoms with Crippen LogP contribution in [0.5, 0.6) is 0 Å². The van der Waals surface area contributed by atoms with Gasteiger partial charge in [0.2, 0.25) is 0 Å². The van der Waals surface area contributed by atoms with E-state index < -0.39 is 5.82 Å². The first-order valence-electron chi connectivity index (χ1n) is 6.05. The summed E-state index contributed by atoms with van der Waals surface area (Å²) in [5, 5.41) is 11.7. The summed E-state index contributed by atoms with van der Waals surface area (Å²) in [6, 6.07) is 4.65. The minimum absolute atomic E-state index is 0.0812. The average molecular weight is 253 g/mol. The predicted octanol–water partition coefficient (Wildman–Crippen LogP) is 2.54. The van der Waals surface area contributed by atoms with Crippen LogP contribution in [0.25, 0.3) is 0 Å². The first kappa shape index (κ1) is 14.3. The molecule has 4 nitrogen and oxygen atoms in total. The average Bonchev–Trinajstić information content (AvgIpc) is 2.38. The molecule has 1 rings (SSSR count). The van der Waals surface area contributed by atoms with Gasteiger partial charge >= 0.3 is 0 Å². The number of anilines is 1. The predicted molar refractivity (Wildman–Crippen MR) is 71.7 cm³/mol. The highest BCUT2D eigenvalue weighted by atomic mass is 19.1. The third kappa shape index (κ3) is 2.91. The molecule has 18 heavy (non-hydrogen) atoms. The van der Waals surface area contributed by atoms with Crippen LogP contribution in [0.2, 0.25) is 0 Å². The lowest BCUT2D eigenvalue weighted by molar-refractivity contribution is 0.318. The first-order valence-corrected chi connectivity index (χ1v) is 6.05. The molecule has 5 heteroatoms. The molecule has 0 fully saturated rings. The van der Waals surface area contributed by atoms with Gasteiger partial charge in [-0.2, -0.15) is 0 Å². The van der Waals surface area contributed by atoms with Crippen molar-refractivity contribution in [3.8, 4) is 0 Å². The van der Waals surface area contributed by atoms with Gasteiger partial charge in [-0.15, -0.1) is 0 Å². The second-order valence-corrected chi connectivity index (χ2v) is 4.23. The normalized spacial score (nSPS) is 11.9. The van der Waals surface area contributed by atoms with Gasteiger partial charge in [0.05, 0.1) is 0 Å². The Morgan fingerprint density at radius 3 is 2.56 bits per heavy atom. The third-order valence-electron chi connectivity index (χ3n) is 3.21. The van der Waals surface area contributed by atoms with Crippen LogP contribution < -0.4 is 10.6 Å². The number of nitrogens with two attached hydrogens (primary N) is 1. The van der Waals surface area contributed by atoms with Crippen molar-refractivity contribution in [2.24, 2.45) is 10.9 Å². The molecular formula is C13H20FN3O. The molecule has 0 heterocycles. The summed E-state index contributed by atoms with van der Waals surface area (Å²) in [5.41, 5.74) is 6.76. The van der Waals surface area contributed by atoms with E-state index in [-0.39, 0.29) is 5.84 Å². The summed E-state index contributed by atoms with van der Waals surface area (Å²) in [6.07, 6.45) is 1.94. The molecule has 0 saturated carbocycles. The minimum atomic E-state index is -0.404. The molecule has 100 valence electrons. The Balaban J connectivity index is 3.23. The van der Waals surface area contributed by atoms with E-state index in [1.165, 1.54) is 12.1 Å². The van der Waals surface area contributed by atoms with Gasteiger partial charge in [-0.25, -0.2) is 4.39 Å². The van der Waals surface area contributed by atoms with Crippen molar-refractivity contribution >= 4 is 11.5 Å². The lowest BCUT2D eigenvalue weighted by Crippen LogP contribution is -2.32. The van der Waals surface area contributed by atoms with Gasteiger partial charge in [0.1, 0.15) is 5.82 Å². The number of halogens is 1. The fraction of sp³-hybridized carbons (Fsp3) is 0.462. The Kier molecular flexibility index (Phi) is 4.95. The Morgan fingerprint density at radius 1 is 1.44 bits per heavy atom. The van der Waals surface area contributed by atoms with E-state index in [4.69, 9.17) is 10.9 Å². The van der Waals surface area contributed by atoms with Crippen molar-refractivity contribution in [2.45, 2.75) is 32.7 Å². The molecule has 0 atom stereocenters. The van der Waals surface area contributed by atoms with Crippen molar-refractivity contribution in [3.63, 3.8) is 0 Å². The number of benzene rings is 1. The van der Waals surface area contributed by atoms with Crippen LogP contribution in [-0.2, 0) is 0 Å². The summed E-state index contributed by atoms with van der Waals surface area (Å²) in [6.45, 7) is 4.19. The number of amidine groups is 1. The number of hydrogen-bond donors (Lipinski definition) is 2. The Labute approximate surface area is 107 Å². The van der Waals surface area contributed by atoms with E-state index in [2.05, 4.69) is 19.0 Å². The molecule has 0 aromatic heterocycles. The van der Waals surface area contributed by atoms with Gasteiger partial charge in [-0.1, -0.05) is 19.0 Å². The second kappa shape index (κ2) is 6.23. The molecule has 0 aliphatic heterocycles. The largest absolute Gasteiger partial charge is 0.409 e. The van der Waals surface area contributed by atoms with Gasteiger partial charge < -0.3 is 15.8 Å². The smallest absolute Gasteiger partial charge is 0.172 e. The number of nitrogens with zero attached hydrogens (tertiary/aromatic N) is 2. The Bertz CT molecular complexity index is 430. The summed E-state index contributed by atoms with van der Waals surface area (Å²) < 4.78 is 13.3. The zero-order chi connectivity index (χ0) is 13.7. The number of hydrogen-bond acceptors (Lipinski definition) is 3. The van der Waals surface area contributed by atoms with Crippen LogP contribution in [0, 0.1) is 5.82 Å². The zero-order valence-electron chi connectivity index (χ0n) is 11.0. The number of rotatable bonds is 5. The minimum Gasteiger partial charge on any atom is -0.409 e. The number of oxime groups is 1. The molecule has 0 radical (unpaired) electrons. The van der Waals surface area contributed by atoms with Gasteiger partial charge in [0.25, 0.3) is 0 Å². The Morgan fingerprint density at radius 2 is 2.06 bits per heavy atom. The van der Waals surface area contributed by atoms with E-state index >= 15 is 0 Å².